The lowest BCUT2D eigenvalue weighted by atomic mass is 10.2. The van der Waals surface area contributed by atoms with Crippen molar-refractivity contribution in [2.45, 2.75) is 6.92 Å². The standard InChI is InChI=1S/C23H18FN3O2S/c1-2-29-19-11-8-16(9-12-19)15-25-27(22(28)17-6-4-3-5-7-17)23-26-20-13-10-18(24)14-21(20)30-23/h3-15H,2H2,1H3/b25-15+. The van der Waals surface area contributed by atoms with Crippen molar-refractivity contribution < 1.29 is 13.9 Å². The first-order valence-corrected chi connectivity index (χ1v) is 10.2. The lowest BCUT2D eigenvalue weighted by Gasteiger charge is -2.13. The molecule has 30 heavy (non-hydrogen) atoms. The van der Waals surface area contributed by atoms with Gasteiger partial charge >= 0.3 is 0 Å². The van der Waals surface area contributed by atoms with Crippen LogP contribution in [0.1, 0.15) is 22.8 Å². The lowest BCUT2D eigenvalue weighted by molar-refractivity contribution is 0.0988. The van der Waals surface area contributed by atoms with E-state index in [9.17, 15) is 9.18 Å². The van der Waals surface area contributed by atoms with Crippen LogP contribution < -0.4 is 9.75 Å². The van der Waals surface area contributed by atoms with Crippen LogP contribution >= 0.6 is 11.3 Å². The first-order chi connectivity index (χ1) is 14.6. The molecule has 0 N–H and O–H groups in total. The highest BCUT2D eigenvalue weighted by Gasteiger charge is 2.21. The van der Waals surface area contributed by atoms with E-state index in [2.05, 4.69) is 10.1 Å². The second-order valence-corrected chi connectivity index (χ2v) is 7.35. The molecule has 0 aliphatic rings. The number of carbonyl (C=O) groups is 1. The first-order valence-electron chi connectivity index (χ1n) is 9.36. The molecule has 0 spiro atoms. The molecule has 0 radical (unpaired) electrons. The summed E-state index contributed by atoms with van der Waals surface area (Å²) in [6, 6.07) is 20.6. The third-order valence-electron chi connectivity index (χ3n) is 4.25. The number of benzene rings is 3. The van der Waals surface area contributed by atoms with Crippen molar-refractivity contribution >= 4 is 38.8 Å². The zero-order chi connectivity index (χ0) is 20.9. The quantitative estimate of drug-likeness (QED) is 0.306. The summed E-state index contributed by atoms with van der Waals surface area (Å²) in [5.74, 6) is 0.0916. The van der Waals surface area contributed by atoms with Crippen LogP contribution in [0.2, 0.25) is 0 Å². The molecule has 1 aromatic heterocycles. The second kappa shape index (κ2) is 8.84. The fraction of sp³-hybridized carbons (Fsp3) is 0.0870. The highest BCUT2D eigenvalue weighted by atomic mass is 32.1. The maximum absolute atomic E-state index is 13.6. The van der Waals surface area contributed by atoms with Gasteiger partial charge in [0.1, 0.15) is 11.6 Å². The molecule has 3 aromatic carbocycles. The molecule has 150 valence electrons. The van der Waals surface area contributed by atoms with Crippen LogP contribution in [-0.2, 0) is 0 Å². The summed E-state index contributed by atoms with van der Waals surface area (Å²) in [7, 11) is 0. The van der Waals surface area contributed by atoms with Crippen LogP contribution in [0.3, 0.4) is 0 Å². The summed E-state index contributed by atoms with van der Waals surface area (Å²) in [6.07, 6.45) is 1.59. The number of rotatable bonds is 6. The zero-order valence-corrected chi connectivity index (χ0v) is 17.0. The van der Waals surface area contributed by atoms with Crippen molar-refractivity contribution in [1.82, 2.24) is 4.98 Å². The van der Waals surface area contributed by atoms with Gasteiger partial charge in [0.25, 0.3) is 5.91 Å². The Morgan fingerprint density at radius 2 is 1.90 bits per heavy atom. The van der Waals surface area contributed by atoms with Crippen LogP contribution in [0, 0.1) is 5.82 Å². The highest BCUT2D eigenvalue weighted by Crippen LogP contribution is 2.30. The highest BCUT2D eigenvalue weighted by molar-refractivity contribution is 7.22. The molecule has 7 heteroatoms. The predicted octanol–water partition coefficient (Wildman–Crippen LogP) is 5.52. The minimum Gasteiger partial charge on any atom is -0.494 e. The number of halogens is 1. The molecule has 1 amide bonds. The van der Waals surface area contributed by atoms with Crippen LogP contribution in [0.25, 0.3) is 10.2 Å². The molecular formula is C23H18FN3O2S. The lowest BCUT2D eigenvalue weighted by Crippen LogP contribution is -2.25. The van der Waals surface area contributed by atoms with Gasteiger partial charge in [-0.1, -0.05) is 29.5 Å². The predicted molar refractivity (Wildman–Crippen MR) is 118 cm³/mol. The van der Waals surface area contributed by atoms with Gasteiger partial charge < -0.3 is 4.74 Å². The molecule has 0 atom stereocenters. The average molecular weight is 419 g/mol. The number of ether oxygens (including phenoxy) is 1. The number of aromatic nitrogens is 1. The average Bonchev–Trinajstić information content (AvgIpc) is 3.18. The minimum absolute atomic E-state index is 0.322. The fourth-order valence-corrected chi connectivity index (χ4v) is 3.76. The number of amides is 1. The van der Waals surface area contributed by atoms with Crippen LogP contribution in [0.4, 0.5) is 9.52 Å². The van der Waals surface area contributed by atoms with Gasteiger partial charge in [0, 0.05) is 5.56 Å². The van der Waals surface area contributed by atoms with Crippen LogP contribution in [0.5, 0.6) is 5.75 Å². The minimum atomic E-state index is -0.350. The van der Waals surface area contributed by atoms with Gasteiger partial charge in [-0.25, -0.2) is 9.37 Å². The fourth-order valence-electron chi connectivity index (χ4n) is 2.81. The smallest absolute Gasteiger partial charge is 0.280 e. The summed E-state index contributed by atoms with van der Waals surface area (Å²) in [6.45, 7) is 2.51. The molecule has 0 saturated carbocycles. The van der Waals surface area contributed by atoms with Crippen molar-refractivity contribution in [3.05, 3.63) is 89.7 Å². The maximum atomic E-state index is 13.6. The zero-order valence-electron chi connectivity index (χ0n) is 16.2. The molecule has 0 bridgehead atoms. The van der Waals surface area contributed by atoms with E-state index >= 15 is 0 Å². The monoisotopic (exact) mass is 419 g/mol. The topological polar surface area (TPSA) is 54.8 Å². The molecular weight excluding hydrogens is 401 g/mol. The van der Waals surface area contributed by atoms with Crippen molar-refractivity contribution in [3.63, 3.8) is 0 Å². The van der Waals surface area contributed by atoms with E-state index in [1.807, 2.05) is 37.3 Å². The Hall–Kier alpha value is -3.58. The third kappa shape index (κ3) is 4.36. The number of hydrogen-bond donors (Lipinski definition) is 0. The molecule has 4 rings (SSSR count). The van der Waals surface area contributed by atoms with Crippen molar-refractivity contribution in [1.29, 1.82) is 0 Å². The number of fused-ring (bicyclic) bond motifs is 1. The molecule has 5 nitrogen and oxygen atoms in total. The Bertz CT molecular complexity index is 1190. The summed E-state index contributed by atoms with van der Waals surface area (Å²) in [5.41, 5.74) is 1.89. The van der Waals surface area contributed by atoms with Gasteiger partial charge in [0.15, 0.2) is 0 Å². The summed E-state index contributed by atoms with van der Waals surface area (Å²) < 4.78 is 19.7. The summed E-state index contributed by atoms with van der Waals surface area (Å²) in [4.78, 5) is 17.6. The largest absolute Gasteiger partial charge is 0.494 e. The molecule has 4 aromatic rings. The van der Waals surface area contributed by atoms with Crippen molar-refractivity contribution in [3.8, 4) is 5.75 Å². The van der Waals surface area contributed by atoms with Crippen LogP contribution in [-0.4, -0.2) is 23.7 Å². The molecule has 0 fully saturated rings. The Labute approximate surface area is 177 Å². The normalized spacial score (nSPS) is 11.1. The number of carbonyl (C=O) groups excluding carboxylic acids is 1. The Morgan fingerprint density at radius 3 is 2.63 bits per heavy atom. The maximum Gasteiger partial charge on any atom is 0.280 e. The van der Waals surface area contributed by atoms with E-state index < -0.39 is 0 Å². The van der Waals surface area contributed by atoms with E-state index in [0.29, 0.717) is 27.5 Å². The number of nitrogens with zero attached hydrogens (tertiary/aromatic N) is 3. The molecule has 0 unspecified atom stereocenters. The summed E-state index contributed by atoms with van der Waals surface area (Å²) >= 11 is 1.21. The molecule has 0 aliphatic carbocycles. The van der Waals surface area contributed by atoms with Gasteiger partial charge in [-0.2, -0.15) is 10.1 Å². The van der Waals surface area contributed by atoms with E-state index in [0.717, 1.165) is 11.3 Å². The second-order valence-electron chi connectivity index (χ2n) is 6.34. The summed E-state index contributed by atoms with van der Waals surface area (Å²) in [5, 5.41) is 6.02. The van der Waals surface area contributed by atoms with Gasteiger partial charge in [-0.15, -0.1) is 0 Å². The Morgan fingerprint density at radius 1 is 1.13 bits per heavy atom. The van der Waals surface area contributed by atoms with Gasteiger partial charge in [0.2, 0.25) is 5.13 Å². The number of hydrogen-bond acceptors (Lipinski definition) is 5. The number of thiazole rings is 1. The van der Waals surface area contributed by atoms with Gasteiger partial charge in [-0.05, 0) is 67.1 Å². The van der Waals surface area contributed by atoms with E-state index in [1.165, 1.54) is 28.5 Å². The third-order valence-corrected chi connectivity index (χ3v) is 5.24. The van der Waals surface area contributed by atoms with Crippen molar-refractivity contribution in [2.75, 3.05) is 11.6 Å². The van der Waals surface area contributed by atoms with Gasteiger partial charge in [-0.3, -0.25) is 4.79 Å². The first kappa shape index (κ1) is 19.7. The van der Waals surface area contributed by atoms with Gasteiger partial charge in [0.05, 0.1) is 23.0 Å². The van der Waals surface area contributed by atoms with E-state index in [-0.39, 0.29) is 11.7 Å². The van der Waals surface area contributed by atoms with E-state index in [4.69, 9.17) is 4.74 Å². The van der Waals surface area contributed by atoms with E-state index in [1.54, 1.807) is 36.5 Å². The van der Waals surface area contributed by atoms with Crippen molar-refractivity contribution in [2.24, 2.45) is 5.10 Å². The molecule has 0 aliphatic heterocycles. The molecule has 0 saturated heterocycles. The SMILES string of the molecule is CCOc1ccc(/C=N/N(C(=O)c2ccccc2)c2nc3ccc(F)cc3s2)cc1. The Balaban J connectivity index is 1.70. The van der Waals surface area contributed by atoms with Crippen LogP contribution in [0.15, 0.2) is 77.9 Å². The number of hydrazone groups is 1. The number of anilines is 1. The Kier molecular flexibility index (Phi) is 5.81. The molecule has 1 heterocycles.